The molecule has 0 unspecified atom stereocenters. The number of hydrogen-bond donors (Lipinski definition) is 1. The van der Waals surface area contributed by atoms with Crippen LogP contribution in [0.5, 0.6) is 0 Å². The third kappa shape index (κ3) is 4.26. The van der Waals surface area contributed by atoms with Gasteiger partial charge in [0.2, 0.25) is 0 Å². The standard InChI is InChI=1S/C20H21BrClN3O2S/c1-12-10-19(13(2)9-18(12)22)28(26,27)24-20-14(3)23-25(15(20)4)11-16-5-7-17(21)8-6-16/h5-10,24H,11H2,1-4H3. The molecule has 1 N–H and O–H groups in total. The summed E-state index contributed by atoms with van der Waals surface area (Å²) in [5.41, 5.74) is 4.28. The smallest absolute Gasteiger partial charge is 0.262 e. The number of sulfonamides is 1. The zero-order valence-corrected chi connectivity index (χ0v) is 19.2. The van der Waals surface area contributed by atoms with Crippen molar-refractivity contribution in [3.63, 3.8) is 0 Å². The first-order valence-electron chi connectivity index (χ1n) is 8.66. The topological polar surface area (TPSA) is 64.0 Å². The van der Waals surface area contributed by atoms with Gasteiger partial charge in [0, 0.05) is 9.50 Å². The van der Waals surface area contributed by atoms with Crippen molar-refractivity contribution in [1.29, 1.82) is 0 Å². The van der Waals surface area contributed by atoms with Gasteiger partial charge in [-0.15, -0.1) is 0 Å². The fourth-order valence-electron chi connectivity index (χ4n) is 2.99. The molecule has 8 heteroatoms. The van der Waals surface area contributed by atoms with Crippen molar-refractivity contribution in [1.82, 2.24) is 9.78 Å². The molecule has 0 aliphatic heterocycles. The van der Waals surface area contributed by atoms with Gasteiger partial charge >= 0.3 is 0 Å². The normalized spacial score (nSPS) is 11.6. The number of anilines is 1. The quantitative estimate of drug-likeness (QED) is 0.531. The Hall–Kier alpha value is -1.83. The Kier molecular flexibility index (Phi) is 5.89. The molecule has 0 amide bonds. The molecule has 0 aliphatic carbocycles. The van der Waals surface area contributed by atoms with Gasteiger partial charge in [0.05, 0.1) is 28.5 Å². The summed E-state index contributed by atoms with van der Waals surface area (Å²) < 4.78 is 31.5. The first kappa shape index (κ1) is 20.9. The van der Waals surface area contributed by atoms with Crippen LogP contribution in [-0.4, -0.2) is 18.2 Å². The van der Waals surface area contributed by atoms with Crippen LogP contribution in [0.25, 0.3) is 0 Å². The van der Waals surface area contributed by atoms with E-state index in [1.807, 2.05) is 31.2 Å². The minimum Gasteiger partial charge on any atom is -0.276 e. The zero-order chi connectivity index (χ0) is 20.6. The Morgan fingerprint density at radius 1 is 1.07 bits per heavy atom. The lowest BCUT2D eigenvalue weighted by atomic mass is 10.2. The van der Waals surface area contributed by atoms with E-state index < -0.39 is 10.0 Å². The van der Waals surface area contributed by atoms with Crippen molar-refractivity contribution in [3.05, 3.63) is 74.0 Å². The van der Waals surface area contributed by atoms with E-state index in [1.165, 1.54) is 0 Å². The molecule has 0 aliphatic rings. The van der Waals surface area contributed by atoms with Crippen LogP contribution < -0.4 is 4.72 Å². The minimum absolute atomic E-state index is 0.217. The van der Waals surface area contributed by atoms with E-state index in [9.17, 15) is 8.42 Å². The molecule has 148 valence electrons. The lowest BCUT2D eigenvalue weighted by Gasteiger charge is -2.12. The summed E-state index contributed by atoms with van der Waals surface area (Å²) in [6.45, 7) is 7.73. The van der Waals surface area contributed by atoms with E-state index >= 15 is 0 Å². The van der Waals surface area contributed by atoms with Crippen molar-refractivity contribution in [3.8, 4) is 0 Å². The number of hydrogen-bond acceptors (Lipinski definition) is 3. The van der Waals surface area contributed by atoms with Gasteiger partial charge < -0.3 is 0 Å². The zero-order valence-electron chi connectivity index (χ0n) is 16.0. The average molecular weight is 483 g/mol. The molecule has 1 heterocycles. The van der Waals surface area contributed by atoms with Gasteiger partial charge in [-0.1, -0.05) is 39.7 Å². The Labute approximate surface area is 178 Å². The first-order valence-corrected chi connectivity index (χ1v) is 11.3. The van der Waals surface area contributed by atoms with Crippen LogP contribution in [0.4, 0.5) is 5.69 Å². The Morgan fingerprint density at radius 2 is 1.71 bits per heavy atom. The molecule has 1 aromatic heterocycles. The van der Waals surface area contributed by atoms with Crippen LogP contribution in [-0.2, 0) is 16.6 Å². The van der Waals surface area contributed by atoms with Gasteiger partial charge in [0.15, 0.2) is 0 Å². The van der Waals surface area contributed by atoms with Crippen LogP contribution in [0, 0.1) is 27.7 Å². The van der Waals surface area contributed by atoms with Gasteiger partial charge in [-0.25, -0.2) is 8.42 Å². The van der Waals surface area contributed by atoms with Crippen molar-refractivity contribution in [2.45, 2.75) is 39.1 Å². The number of benzene rings is 2. The molecule has 0 saturated heterocycles. The molecule has 3 rings (SSSR count). The number of nitrogens with one attached hydrogen (secondary N) is 1. The summed E-state index contributed by atoms with van der Waals surface area (Å²) in [7, 11) is -3.76. The highest BCUT2D eigenvalue weighted by Gasteiger charge is 2.22. The van der Waals surface area contributed by atoms with Crippen LogP contribution in [0.2, 0.25) is 5.02 Å². The highest BCUT2D eigenvalue weighted by Crippen LogP contribution is 2.28. The van der Waals surface area contributed by atoms with Crippen LogP contribution in [0.1, 0.15) is 28.1 Å². The molecule has 0 bridgehead atoms. The van der Waals surface area contributed by atoms with Crippen LogP contribution in [0.15, 0.2) is 45.8 Å². The number of aryl methyl sites for hydroxylation is 3. The second-order valence-corrected chi connectivity index (χ2v) is 9.78. The molecule has 2 aromatic carbocycles. The average Bonchev–Trinajstić information content (AvgIpc) is 2.87. The Bertz CT molecular complexity index is 1140. The third-order valence-corrected chi connectivity index (χ3v) is 7.04. The second-order valence-electron chi connectivity index (χ2n) is 6.80. The van der Waals surface area contributed by atoms with Gasteiger partial charge in [-0.2, -0.15) is 5.10 Å². The first-order chi connectivity index (χ1) is 13.1. The maximum Gasteiger partial charge on any atom is 0.262 e. The summed E-state index contributed by atoms with van der Waals surface area (Å²) in [5.74, 6) is 0. The molecule has 5 nitrogen and oxygen atoms in total. The molecule has 3 aromatic rings. The molecule has 0 spiro atoms. The van der Waals surface area contributed by atoms with E-state index in [2.05, 4.69) is 25.8 Å². The maximum atomic E-state index is 13.0. The lowest BCUT2D eigenvalue weighted by molar-refractivity contribution is 0.600. The van der Waals surface area contributed by atoms with E-state index in [1.54, 1.807) is 37.6 Å². The number of aromatic nitrogens is 2. The van der Waals surface area contributed by atoms with Gasteiger partial charge in [-0.3, -0.25) is 9.40 Å². The maximum absolute atomic E-state index is 13.0. The molecule has 0 atom stereocenters. The summed E-state index contributed by atoms with van der Waals surface area (Å²) in [6.07, 6.45) is 0. The number of halogens is 2. The van der Waals surface area contributed by atoms with E-state index in [-0.39, 0.29) is 4.90 Å². The van der Waals surface area contributed by atoms with Crippen LogP contribution >= 0.6 is 27.5 Å². The summed E-state index contributed by atoms with van der Waals surface area (Å²) in [6, 6.07) is 11.2. The van der Waals surface area contributed by atoms with Crippen molar-refractivity contribution in [2.24, 2.45) is 0 Å². The van der Waals surface area contributed by atoms with Gasteiger partial charge in [-0.05, 0) is 68.7 Å². The number of rotatable bonds is 5. The predicted octanol–water partition coefficient (Wildman–Crippen LogP) is 5.38. The summed E-state index contributed by atoms with van der Waals surface area (Å²) in [4.78, 5) is 0.217. The predicted molar refractivity (Wildman–Crippen MR) is 117 cm³/mol. The largest absolute Gasteiger partial charge is 0.276 e. The SMILES string of the molecule is Cc1cc(S(=O)(=O)Nc2c(C)nn(Cc3ccc(Br)cc3)c2C)c(C)cc1Cl. The van der Waals surface area contributed by atoms with Crippen LogP contribution in [0.3, 0.4) is 0 Å². The Balaban J connectivity index is 1.93. The van der Waals surface area contributed by atoms with Crippen molar-refractivity contribution in [2.75, 3.05) is 4.72 Å². The van der Waals surface area contributed by atoms with Gasteiger partial charge in [0.1, 0.15) is 0 Å². The summed E-state index contributed by atoms with van der Waals surface area (Å²) >= 11 is 9.53. The lowest BCUT2D eigenvalue weighted by Crippen LogP contribution is -2.16. The van der Waals surface area contributed by atoms with Crippen molar-refractivity contribution >= 4 is 43.2 Å². The highest BCUT2D eigenvalue weighted by molar-refractivity contribution is 9.10. The molecular weight excluding hydrogens is 462 g/mol. The van der Waals surface area contributed by atoms with E-state index in [0.717, 1.165) is 15.7 Å². The van der Waals surface area contributed by atoms with Gasteiger partial charge in [0.25, 0.3) is 10.0 Å². The minimum atomic E-state index is -3.76. The van der Waals surface area contributed by atoms with Crippen molar-refractivity contribution < 1.29 is 8.42 Å². The monoisotopic (exact) mass is 481 g/mol. The molecule has 0 fully saturated rings. The summed E-state index contributed by atoms with van der Waals surface area (Å²) in [5, 5.41) is 5.06. The second kappa shape index (κ2) is 7.89. The fraction of sp³-hybridized carbons (Fsp3) is 0.250. The van der Waals surface area contributed by atoms with E-state index in [0.29, 0.717) is 34.1 Å². The molecule has 0 saturated carbocycles. The Morgan fingerprint density at radius 3 is 2.36 bits per heavy atom. The molecular formula is C20H21BrClN3O2S. The molecule has 28 heavy (non-hydrogen) atoms. The third-order valence-electron chi connectivity index (χ3n) is 4.61. The highest BCUT2D eigenvalue weighted by atomic mass is 79.9. The van der Waals surface area contributed by atoms with E-state index in [4.69, 9.17) is 11.6 Å². The fourth-order valence-corrected chi connectivity index (χ4v) is 4.97. The number of nitrogens with zero attached hydrogens (tertiary/aromatic N) is 2. The molecule has 0 radical (unpaired) electrons.